The van der Waals surface area contributed by atoms with Gasteiger partial charge in [0.05, 0.1) is 12.4 Å². The highest BCUT2D eigenvalue weighted by molar-refractivity contribution is 5.22. The van der Waals surface area contributed by atoms with Gasteiger partial charge in [-0.2, -0.15) is 0 Å². The zero-order chi connectivity index (χ0) is 8.97. The summed E-state index contributed by atoms with van der Waals surface area (Å²) in [5.41, 5.74) is 5.48. The molecule has 1 aromatic heterocycles. The first-order chi connectivity index (χ1) is 5.68. The fourth-order valence-electron chi connectivity index (χ4n) is 0.656. The lowest BCUT2D eigenvalue weighted by molar-refractivity contribution is 0.613. The molecule has 4 nitrogen and oxygen atoms in total. The number of halogens is 1. The van der Waals surface area contributed by atoms with E-state index < -0.39 is 5.82 Å². The molecule has 1 aromatic rings. The standard InChI is InChI=1S/C7H11FN4/c1-5(9)2-10-7-11-3-6(8)4-12-7/h3-5H,2,9H2,1H3,(H,10,11,12). The third-order valence-electron chi connectivity index (χ3n) is 1.20. The number of anilines is 1. The highest BCUT2D eigenvalue weighted by atomic mass is 19.1. The number of nitrogens with two attached hydrogens (primary N) is 1. The molecule has 0 saturated carbocycles. The SMILES string of the molecule is CC(N)CNc1ncc(F)cn1. The third-order valence-corrected chi connectivity index (χ3v) is 1.20. The zero-order valence-corrected chi connectivity index (χ0v) is 6.79. The minimum atomic E-state index is -0.443. The molecule has 0 amide bonds. The summed E-state index contributed by atoms with van der Waals surface area (Å²) < 4.78 is 12.3. The highest BCUT2D eigenvalue weighted by Crippen LogP contribution is 1.97. The summed E-state index contributed by atoms with van der Waals surface area (Å²) in [5.74, 6) is -0.0463. The van der Waals surface area contributed by atoms with Crippen LogP contribution >= 0.6 is 0 Å². The van der Waals surface area contributed by atoms with E-state index in [4.69, 9.17) is 5.73 Å². The minimum absolute atomic E-state index is 0.0265. The Labute approximate surface area is 70.0 Å². The van der Waals surface area contributed by atoms with E-state index in [9.17, 15) is 4.39 Å². The fraction of sp³-hybridized carbons (Fsp3) is 0.429. The van der Waals surface area contributed by atoms with Gasteiger partial charge in [-0.3, -0.25) is 0 Å². The Kier molecular flexibility index (Phi) is 2.93. The summed E-state index contributed by atoms with van der Waals surface area (Å²) >= 11 is 0. The first-order valence-electron chi connectivity index (χ1n) is 3.65. The van der Waals surface area contributed by atoms with Crippen molar-refractivity contribution in [1.29, 1.82) is 0 Å². The van der Waals surface area contributed by atoms with E-state index in [1.807, 2.05) is 6.92 Å². The highest BCUT2D eigenvalue weighted by Gasteiger charge is 1.97. The molecule has 0 saturated heterocycles. The van der Waals surface area contributed by atoms with Crippen LogP contribution in [-0.2, 0) is 0 Å². The molecule has 5 heteroatoms. The number of nitrogens with one attached hydrogen (secondary N) is 1. The molecule has 0 radical (unpaired) electrons. The van der Waals surface area contributed by atoms with Gasteiger partial charge in [-0.15, -0.1) is 0 Å². The maximum absolute atomic E-state index is 12.3. The van der Waals surface area contributed by atoms with Gasteiger partial charge in [0, 0.05) is 12.6 Å². The Morgan fingerprint density at radius 3 is 2.67 bits per heavy atom. The molecule has 0 aromatic carbocycles. The van der Waals surface area contributed by atoms with Crippen LogP contribution in [0.25, 0.3) is 0 Å². The summed E-state index contributed by atoms with van der Waals surface area (Å²) in [6, 6.07) is 0.0265. The molecule has 0 fully saturated rings. The van der Waals surface area contributed by atoms with Crippen LogP contribution in [0.15, 0.2) is 12.4 Å². The molecule has 3 N–H and O–H groups in total. The van der Waals surface area contributed by atoms with Crippen molar-refractivity contribution in [3.63, 3.8) is 0 Å². The van der Waals surface area contributed by atoms with Crippen molar-refractivity contribution < 1.29 is 4.39 Å². The first kappa shape index (κ1) is 8.86. The number of hydrogen-bond donors (Lipinski definition) is 2. The zero-order valence-electron chi connectivity index (χ0n) is 6.79. The molecule has 0 aliphatic rings. The van der Waals surface area contributed by atoms with E-state index in [0.29, 0.717) is 12.5 Å². The lowest BCUT2D eigenvalue weighted by atomic mass is 10.4. The van der Waals surface area contributed by atoms with Crippen LogP contribution in [0.2, 0.25) is 0 Å². The van der Waals surface area contributed by atoms with Crippen LogP contribution in [0, 0.1) is 5.82 Å². The van der Waals surface area contributed by atoms with Gasteiger partial charge in [-0.1, -0.05) is 0 Å². The summed E-state index contributed by atoms with van der Waals surface area (Å²) in [5, 5.41) is 2.86. The van der Waals surface area contributed by atoms with E-state index >= 15 is 0 Å². The molecule has 1 atom stereocenters. The van der Waals surface area contributed by atoms with E-state index in [2.05, 4.69) is 15.3 Å². The molecule has 66 valence electrons. The summed E-state index contributed by atoms with van der Waals surface area (Å²) in [6.07, 6.45) is 2.22. The van der Waals surface area contributed by atoms with E-state index in [-0.39, 0.29) is 6.04 Å². The smallest absolute Gasteiger partial charge is 0.222 e. The van der Waals surface area contributed by atoms with Crippen molar-refractivity contribution in [2.24, 2.45) is 5.73 Å². The second-order valence-corrected chi connectivity index (χ2v) is 2.58. The molecule has 1 rings (SSSR count). The molecular formula is C7H11FN4. The lowest BCUT2D eigenvalue weighted by Crippen LogP contribution is -2.25. The summed E-state index contributed by atoms with van der Waals surface area (Å²) in [7, 11) is 0. The van der Waals surface area contributed by atoms with Gasteiger partial charge in [-0.25, -0.2) is 14.4 Å². The molecule has 0 aliphatic heterocycles. The maximum atomic E-state index is 12.3. The Balaban J connectivity index is 2.48. The van der Waals surface area contributed by atoms with Gasteiger partial charge < -0.3 is 11.1 Å². The average Bonchev–Trinajstić information content (AvgIpc) is 2.03. The predicted molar refractivity (Wildman–Crippen MR) is 44.1 cm³/mol. The van der Waals surface area contributed by atoms with Crippen LogP contribution < -0.4 is 11.1 Å². The third kappa shape index (κ3) is 2.79. The van der Waals surface area contributed by atoms with Gasteiger partial charge >= 0.3 is 0 Å². The van der Waals surface area contributed by atoms with E-state index in [1.165, 1.54) is 0 Å². The molecular weight excluding hydrogens is 159 g/mol. The lowest BCUT2D eigenvalue weighted by Gasteiger charge is -2.05. The Hall–Kier alpha value is -1.23. The number of aromatic nitrogens is 2. The Morgan fingerprint density at radius 1 is 1.58 bits per heavy atom. The molecule has 1 unspecified atom stereocenters. The van der Waals surface area contributed by atoms with Crippen molar-refractivity contribution >= 4 is 5.95 Å². The van der Waals surface area contributed by atoms with E-state index in [1.54, 1.807) is 0 Å². The average molecular weight is 170 g/mol. The largest absolute Gasteiger partial charge is 0.353 e. The van der Waals surface area contributed by atoms with E-state index in [0.717, 1.165) is 12.4 Å². The van der Waals surface area contributed by atoms with Gasteiger partial charge in [0.1, 0.15) is 0 Å². The van der Waals surface area contributed by atoms with Crippen LogP contribution in [0.3, 0.4) is 0 Å². The molecule has 12 heavy (non-hydrogen) atoms. The molecule has 0 aliphatic carbocycles. The van der Waals surface area contributed by atoms with Gasteiger partial charge in [0.15, 0.2) is 5.82 Å². The second-order valence-electron chi connectivity index (χ2n) is 2.58. The fourth-order valence-corrected chi connectivity index (χ4v) is 0.656. The number of nitrogens with zero attached hydrogens (tertiary/aromatic N) is 2. The second kappa shape index (κ2) is 3.96. The van der Waals surface area contributed by atoms with Crippen molar-refractivity contribution in [2.45, 2.75) is 13.0 Å². The topological polar surface area (TPSA) is 63.8 Å². The molecule has 1 heterocycles. The maximum Gasteiger partial charge on any atom is 0.222 e. The van der Waals surface area contributed by atoms with Crippen molar-refractivity contribution in [2.75, 3.05) is 11.9 Å². The normalized spacial score (nSPS) is 12.6. The van der Waals surface area contributed by atoms with Gasteiger partial charge in [0.2, 0.25) is 5.95 Å². The number of hydrogen-bond acceptors (Lipinski definition) is 4. The Bertz CT molecular complexity index is 234. The predicted octanol–water partition coefficient (Wildman–Crippen LogP) is 0.375. The van der Waals surface area contributed by atoms with Crippen LogP contribution in [0.1, 0.15) is 6.92 Å². The Morgan fingerprint density at radius 2 is 2.17 bits per heavy atom. The number of rotatable bonds is 3. The minimum Gasteiger partial charge on any atom is -0.353 e. The summed E-state index contributed by atoms with van der Waals surface area (Å²) in [4.78, 5) is 7.39. The van der Waals surface area contributed by atoms with Crippen molar-refractivity contribution in [3.05, 3.63) is 18.2 Å². The monoisotopic (exact) mass is 170 g/mol. The molecule has 0 spiro atoms. The first-order valence-corrected chi connectivity index (χ1v) is 3.65. The van der Waals surface area contributed by atoms with Crippen LogP contribution in [0.4, 0.5) is 10.3 Å². The van der Waals surface area contributed by atoms with Crippen molar-refractivity contribution in [3.8, 4) is 0 Å². The van der Waals surface area contributed by atoms with Gasteiger partial charge in [-0.05, 0) is 6.92 Å². The quantitative estimate of drug-likeness (QED) is 0.688. The van der Waals surface area contributed by atoms with Gasteiger partial charge in [0.25, 0.3) is 0 Å². The molecule has 0 bridgehead atoms. The van der Waals surface area contributed by atoms with Crippen LogP contribution in [-0.4, -0.2) is 22.6 Å². The summed E-state index contributed by atoms with van der Waals surface area (Å²) in [6.45, 7) is 2.43. The van der Waals surface area contributed by atoms with Crippen molar-refractivity contribution in [1.82, 2.24) is 9.97 Å². The van der Waals surface area contributed by atoms with Crippen LogP contribution in [0.5, 0.6) is 0 Å².